The Balaban J connectivity index is 1.63. The van der Waals surface area contributed by atoms with Gasteiger partial charge >= 0.3 is 0 Å². The van der Waals surface area contributed by atoms with Crippen molar-refractivity contribution in [3.05, 3.63) is 0 Å². The fraction of sp³-hybridized carbons (Fsp3) is 1.00. The fourth-order valence-corrected chi connectivity index (χ4v) is 3.33. The van der Waals surface area contributed by atoms with Crippen LogP contribution in [0.4, 0.5) is 0 Å². The van der Waals surface area contributed by atoms with Crippen LogP contribution in [0, 0.1) is 5.92 Å². The summed E-state index contributed by atoms with van der Waals surface area (Å²) in [6, 6.07) is 0.211. The fourth-order valence-electron chi connectivity index (χ4n) is 1.97. The molecule has 82 valence electrons. The lowest BCUT2D eigenvalue weighted by molar-refractivity contribution is 0.0657. The Morgan fingerprint density at radius 1 is 1.21 bits per heavy atom. The first-order valence-corrected chi connectivity index (χ1v) is 6.99. The largest absolute Gasteiger partial charge is 0.381 e. The Hall–Kier alpha value is -0.130. The van der Waals surface area contributed by atoms with E-state index < -0.39 is 9.84 Å². The van der Waals surface area contributed by atoms with Crippen molar-refractivity contribution in [2.24, 2.45) is 5.92 Å². The number of ether oxygens (including phenoxy) is 1. The lowest BCUT2D eigenvalue weighted by atomic mass is 10.0. The van der Waals surface area contributed by atoms with Crippen LogP contribution in [0.5, 0.6) is 0 Å². The maximum Gasteiger partial charge on any atom is 0.153 e. The van der Waals surface area contributed by atoms with Gasteiger partial charge in [0.25, 0.3) is 0 Å². The van der Waals surface area contributed by atoms with Crippen LogP contribution in [0.1, 0.15) is 12.8 Å². The molecule has 0 bridgehead atoms. The zero-order chi connectivity index (χ0) is 10.0. The minimum Gasteiger partial charge on any atom is -0.381 e. The van der Waals surface area contributed by atoms with Crippen LogP contribution in [0.2, 0.25) is 0 Å². The summed E-state index contributed by atoms with van der Waals surface area (Å²) in [4.78, 5) is 0. The van der Waals surface area contributed by atoms with E-state index in [4.69, 9.17) is 4.74 Å². The van der Waals surface area contributed by atoms with Gasteiger partial charge in [0.2, 0.25) is 0 Å². The maximum absolute atomic E-state index is 10.9. The number of hydrogen-bond donors (Lipinski definition) is 1. The monoisotopic (exact) mass is 219 g/mol. The molecule has 0 saturated carbocycles. The highest BCUT2D eigenvalue weighted by Crippen LogP contribution is 2.15. The van der Waals surface area contributed by atoms with Gasteiger partial charge in [-0.3, -0.25) is 0 Å². The third kappa shape index (κ3) is 2.68. The molecule has 0 aliphatic carbocycles. The molecule has 2 saturated heterocycles. The van der Waals surface area contributed by atoms with Crippen LogP contribution in [0.3, 0.4) is 0 Å². The summed E-state index contributed by atoms with van der Waals surface area (Å²) in [5, 5.41) is 3.31. The predicted octanol–water partition coefficient (Wildman–Crippen LogP) is -0.200. The minimum absolute atomic E-state index is 0.211. The van der Waals surface area contributed by atoms with Gasteiger partial charge in [-0.1, -0.05) is 0 Å². The summed E-state index contributed by atoms with van der Waals surface area (Å²) in [6.45, 7) is 2.66. The minimum atomic E-state index is -2.67. The summed E-state index contributed by atoms with van der Waals surface area (Å²) in [7, 11) is -2.67. The van der Waals surface area contributed by atoms with Gasteiger partial charge in [-0.25, -0.2) is 8.42 Å². The Morgan fingerprint density at radius 3 is 2.43 bits per heavy atom. The molecule has 0 aromatic rings. The van der Waals surface area contributed by atoms with Crippen molar-refractivity contribution in [1.82, 2.24) is 5.32 Å². The zero-order valence-corrected chi connectivity index (χ0v) is 9.05. The Bertz CT molecular complexity index is 270. The molecule has 0 amide bonds. The van der Waals surface area contributed by atoms with Gasteiger partial charge in [0.05, 0.1) is 11.5 Å². The highest BCUT2D eigenvalue weighted by atomic mass is 32.2. The van der Waals surface area contributed by atoms with Crippen LogP contribution in [-0.2, 0) is 14.6 Å². The second kappa shape index (κ2) is 4.16. The number of sulfone groups is 1. The molecule has 5 heteroatoms. The number of hydrogen-bond acceptors (Lipinski definition) is 4. The molecule has 0 atom stereocenters. The highest BCUT2D eigenvalue weighted by Gasteiger charge is 2.33. The van der Waals surface area contributed by atoms with Crippen LogP contribution in [0.25, 0.3) is 0 Å². The molecule has 0 aromatic heterocycles. The molecular weight excluding hydrogens is 202 g/mol. The molecule has 14 heavy (non-hydrogen) atoms. The van der Waals surface area contributed by atoms with Gasteiger partial charge < -0.3 is 10.1 Å². The Morgan fingerprint density at radius 2 is 1.86 bits per heavy atom. The molecule has 4 nitrogen and oxygen atoms in total. The van der Waals surface area contributed by atoms with E-state index in [1.807, 2.05) is 0 Å². The van der Waals surface area contributed by atoms with Crippen molar-refractivity contribution in [3.63, 3.8) is 0 Å². The van der Waals surface area contributed by atoms with Crippen molar-refractivity contribution >= 4 is 9.84 Å². The first-order chi connectivity index (χ1) is 6.66. The summed E-state index contributed by atoms with van der Waals surface area (Å²) < 4.78 is 27.0. The van der Waals surface area contributed by atoms with Crippen LogP contribution < -0.4 is 5.32 Å². The second-order valence-electron chi connectivity index (χ2n) is 4.24. The smallest absolute Gasteiger partial charge is 0.153 e. The van der Waals surface area contributed by atoms with Crippen LogP contribution in [-0.4, -0.2) is 45.7 Å². The third-order valence-corrected chi connectivity index (χ3v) is 4.77. The van der Waals surface area contributed by atoms with Gasteiger partial charge in [-0.15, -0.1) is 0 Å². The van der Waals surface area contributed by atoms with Gasteiger partial charge in [-0.2, -0.15) is 0 Å². The Labute approximate surface area is 84.9 Å². The van der Waals surface area contributed by atoms with E-state index >= 15 is 0 Å². The summed E-state index contributed by atoms with van der Waals surface area (Å²) in [5.41, 5.74) is 0. The van der Waals surface area contributed by atoms with E-state index in [9.17, 15) is 8.42 Å². The molecule has 1 N–H and O–H groups in total. The van der Waals surface area contributed by atoms with Crippen molar-refractivity contribution in [3.8, 4) is 0 Å². The van der Waals surface area contributed by atoms with Crippen molar-refractivity contribution in [2.75, 3.05) is 31.3 Å². The quantitative estimate of drug-likeness (QED) is 0.714. The SMILES string of the molecule is O=S1(=O)CC(NCC2CCOCC2)C1. The van der Waals surface area contributed by atoms with Gasteiger partial charge in [0, 0.05) is 19.3 Å². The Kier molecular flexibility index (Phi) is 3.09. The van der Waals surface area contributed by atoms with E-state index in [1.54, 1.807) is 0 Å². The topological polar surface area (TPSA) is 55.4 Å². The van der Waals surface area contributed by atoms with Crippen LogP contribution >= 0.6 is 0 Å². The predicted molar refractivity (Wildman–Crippen MR) is 54.0 cm³/mol. The highest BCUT2D eigenvalue weighted by molar-refractivity contribution is 7.92. The molecule has 0 radical (unpaired) electrons. The lowest BCUT2D eigenvalue weighted by Gasteiger charge is -2.30. The number of nitrogens with one attached hydrogen (secondary N) is 1. The van der Waals surface area contributed by atoms with E-state index in [1.165, 1.54) is 0 Å². The van der Waals surface area contributed by atoms with Gasteiger partial charge in [-0.05, 0) is 25.3 Å². The molecule has 0 unspecified atom stereocenters. The summed E-state index contributed by atoms with van der Waals surface area (Å²) >= 11 is 0. The molecule has 2 aliphatic heterocycles. The summed E-state index contributed by atoms with van der Waals surface area (Å²) in [6.07, 6.45) is 2.21. The van der Waals surface area contributed by atoms with Gasteiger partial charge in [0.15, 0.2) is 9.84 Å². The van der Waals surface area contributed by atoms with Crippen molar-refractivity contribution in [1.29, 1.82) is 0 Å². The molecule has 2 heterocycles. The average Bonchev–Trinajstić information content (AvgIpc) is 2.13. The van der Waals surface area contributed by atoms with E-state index in [2.05, 4.69) is 5.32 Å². The average molecular weight is 219 g/mol. The third-order valence-electron chi connectivity index (χ3n) is 2.95. The number of rotatable bonds is 3. The molecule has 0 spiro atoms. The molecule has 2 rings (SSSR count). The molecule has 2 fully saturated rings. The van der Waals surface area contributed by atoms with Gasteiger partial charge in [0.1, 0.15) is 0 Å². The first-order valence-electron chi connectivity index (χ1n) is 5.17. The van der Waals surface area contributed by atoms with E-state index in [0.29, 0.717) is 17.4 Å². The molecule has 0 aromatic carbocycles. The zero-order valence-electron chi connectivity index (χ0n) is 8.24. The lowest BCUT2D eigenvalue weighted by Crippen LogP contribution is -2.52. The normalized spacial score (nSPS) is 28.6. The van der Waals surface area contributed by atoms with Crippen molar-refractivity contribution in [2.45, 2.75) is 18.9 Å². The molecular formula is C9H17NO3S. The summed E-state index contributed by atoms with van der Waals surface area (Å²) in [5.74, 6) is 1.33. The standard InChI is InChI=1S/C9H17NO3S/c11-14(12)6-9(7-14)10-5-8-1-3-13-4-2-8/h8-10H,1-7H2. The van der Waals surface area contributed by atoms with E-state index in [0.717, 1.165) is 32.6 Å². The maximum atomic E-state index is 10.9. The first kappa shape index (κ1) is 10.4. The van der Waals surface area contributed by atoms with E-state index in [-0.39, 0.29) is 6.04 Å². The van der Waals surface area contributed by atoms with Crippen molar-refractivity contribution < 1.29 is 13.2 Å². The second-order valence-corrected chi connectivity index (χ2v) is 6.39. The molecule has 2 aliphatic rings. The van der Waals surface area contributed by atoms with Crippen LogP contribution in [0.15, 0.2) is 0 Å².